The molecule has 3 heteroatoms. The summed E-state index contributed by atoms with van der Waals surface area (Å²) in [5, 5.41) is 0. The Morgan fingerprint density at radius 3 is 1.84 bits per heavy atom. The first-order valence-corrected chi connectivity index (χ1v) is 20.7. The van der Waals surface area contributed by atoms with Crippen molar-refractivity contribution in [2.45, 2.75) is 125 Å². The molecule has 0 unspecified atom stereocenters. The third kappa shape index (κ3) is 5.58. The van der Waals surface area contributed by atoms with E-state index >= 15 is 0 Å². The molecular weight excluding hydrogens is 667 g/mol. The van der Waals surface area contributed by atoms with Gasteiger partial charge >= 0.3 is 271 Å². The van der Waals surface area contributed by atoms with E-state index in [1.807, 2.05) is 9.77 Å². The molecule has 7 rings (SSSR count). The van der Waals surface area contributed by atoms with Gasteiger partial charge in [-0.3, -0.25) is 0 Å². The Hall–Kier alpha value is -1.27. The van der Waals surface area contributed by atoms with Crippen molar-refractivity contribution in [2.24, 2.45) is 10.8 Å². The zero-order valence-corrected chi connectivity index (χ0v) is 33.3. The molecule has 0 saturated heterocycles. The first kappa shape index (κ1) is 35.1. The molecule has 2 aromatic carbocycles. The summed E-state index contributed by atoms with van der Waals surface area (Å²) in [6.07, 6.45) is 19.1. The van der Waals surface area contributed by atoms with E-state index < -0.39 is 21.3 Å². The van der Waals surface area contributed by atoms with E-state index in [1.165, 1.54) is 71.9 Å². The molecule has 2 aromatic rings. The topological polar surface area (TPSA) is 0 Å². The summed E-state index contributed by atoms with van der Waals surface area (Å²) in [5.74, 6) is 0. The second-order valence-corrected chi connectivity index (χ2v) is 23.7. The molecule has 0 spiro atoms. The third-order valence-corrected chi connectivity index (χ3v) is 20.0. The first-order chi connectivity index (χ1) is 20.1. The molecule has 0 aromatic heterocycles. The molecule has 5 aliphatic carbocycles. The Morgan fingerprint density at radius 1 is 0.689 bits per heavy atom. The predicted octanol–water partition coefficient (Wildman–Crippen LogP) is 5.63. The van der Waals surface area contributed by atoms with E-state index in [4.69, 9.17) is 0 Å². The Kier molecular flexibility index (Phi) is 9.12. The number of halogens is 2. The fourth-order valence-electron chi connectivity index (χ4n) is 9.13. The van der Waals surface area contributed by atoms with Gasteiger partial charge in [-0.25, -0.2) is 0 Å². The fourth-order valence-corrected chi connectivity index (χ4v) is 19.2. The van der Waals surface area contributed by atoms with Gasteiger partial charge in [-0.05, 0) is 0 Å². The normalized spacial score (nSPS) is 20.3. The van der Waals surface area contributed by atoms with Gasteiger partial charge in [0.25, 0.3) is 0 Å². The molecule has 0 amide bonds. The molecule has 0 radical (unpaired) electrons. The van der Waals surface area contributed by atoms with Crippen molar-refractivity contribution in [1.29, 1.82) is 0 Å². The van der Waals surface area contributed by atoms with Gasteiger partial charge in [0.05, 0.1) is 0 Å². The number of benzene rings is 2. The summed E-state index contributed by atoms with van der Waals surface area (Å²) in [7, 11) is 0. The number of rotatable bonds is 2. The van der Waals surface area contributed by atoms with Gasteiger partial charge in [0.15, 0.2) is 0 Å². The molecule has 0 N–H and O–H groups in total. The Morgan fingerprint density at radius 2 is 1.29 bits per heavy atom. The second-order valence-electron chi connectivity index (χ2n) is 17.3. The maximum absolute atomic E-state index is 2.67. The third-order valence-electron chi connectivity index (χ3n) is 11.2. The zero-order valence-electron chi connectivity index (χ0n) is 29.3. The molecule has 5 aliphatic rings. The van der Waals surface area contributed by atoms with E-state index in [1.54, 1.807) is 22.3 Å². The van der Waals surface area contributed by atoms with Crippen molar-refractivity contribution in [2.75, 3.05) is 0 Å². The summed E-state index contributed by atoms with van der Waals surface area (Å²) in [6, 6.07) is 10.5. The number of hydrogen-bond acceptors (Lipinski definition) is 0. The first-order valence-electron chi connectivity index (χ1n) is 17.0. The van der Waals surface area contributed by atoms with Crippen LogP contribution >= 0.6 is 0 Å². The molecule has 0 aliphatic heterocycles. The van der Waals surface area contributed by atoms with Crippen molar-refractivity contribution in [3.63, 3.8) is 0 Å². The van der Waals surface area contributed by atoms with Crippen LogP contribution in [0.15, 0.2) is 55.1 Å². The number of hydrogen-bond donors (Lipinski definition) is 0. The van der Waals surface area contributed by atoms with E-state index in [9.17, 15) is 0 Å². The van der Waals surface area contributed by atoms with Gasteiger partial charge in [0.2, 0.25) is 0 Å². The van der Waals surface area contributed by atoms with Gasteiger partial charge < -0.3 is 24.8 Å². The van der Waals surface area contributed by atoms with E-state index in [2.05, 4.69) is 118 Å². The van der Waals surface area contributed by atoms with Gasteiger partial charge in [0, 0.05) is 0 Å². The molecule has 0 atom stereocenters. The van der Waals surface area contributed by atoms with Crippen LogP contribution in [-0.2, 0) is 38.5 Å². The van der Waals surface area contributed by atoms with Gasteiger partial charge in [-0.15, -0.1) is 0 Å². The smallest absolute Gasteiger partial charge is 1.00 e. The number of fused-ring (bicyclic) bond motifs is 5. The average Bonchev–Trinajstić information content (AvgIpc) is 3.67. The van der Waals surface area contributed by atoms with Crippen molar-refractivity contribution in [3.8, 4) is 11.1 Å². The minimum absolute atomic E-state index is 0. The van der Waals surface area contributed by atoms with Crippen LogP contribution in [0.1, 0.15) is 141 Å². The quantitative estimate of drug-likeness (QED) is 0.323. The second kappa shape index (κ2) is 11.7. The van der Waals surface area contributed by atoms with E-state index in [0.717, 1.165) is 6.42 Å². The molecule has 1 saturated carbocycles. The average molecular weight is 719 g/mol. The predicted molar refractivity (Wildman–Crippen MR) is 184 cm³/mol. The maximum atomic E-state index is 2.67. The minimum Gasteiger partial charge on any atom is -1.00 e. The zero-order chi connectivity index (χ0) is 30.7. The van der Waals surface area contributed by atoms with Crippen LogP contribution in [0.2, 0.25) is 0 Å². The summed E-state index contributed by atoms with van der Waals surface area (Å²) >= 11 is -2.24. The molecule has 0 bridgehead atoms. The molecular formula is C42H52Cl2Zr. The fraction of sp³-hybridized carbons (Fsp3) is 0.500. The Labute approximate surface area is 293 Å². The minimum atomic E-state index is -2.24. The van der Waals surface area contributed by atoms with E-state index in [-0.39, 0.29) is 46.5 Å². The van der Waals surface area contributed by atoms with Crippen molar-refractivity contribution in [1.82, 2.24) is 0 Å². The molecule has 0 heterocycles. The molecule has 238 valence electrons. The Balaban J connectivity index is 0.00000200. The van der Waals surface area contributed by atoms with Crippen LogP contribution in [0.25, 0.3) is 22.3 Å². The SMILES string of the molecule is CC(C)(C)C1=CC(C)(C)c2cc3c(cc21)-c1cc2c(cc1C3)C(C)(C)[C]([Zr+2]([C]1=CC=CC1)=[C]1CCCCC1)=C2C(C)(C)C.[Cl-].[Cl-]. The van der Waals surface area contributed by atoms with Crippen LogP contribution in [-0.4, -0.2) is 3.21 Å². The monoisotopic (exact) mass is 716 g/mol. The summed E-state index contributed by atoms with van der Waals surface area (Å²) in [4.78, 5) is 0. The largest absolute Gasteiger partial charge is 1.00 e. The van der Waals surface area contributed by atoms with Crippen LogP contribution in [0, 0.1) is 10.8 Å². The number of allylic oxidation sites excluding steroid dienone is 8. The van der Waals surface area contributed by atoms with Gasteiger partial charge in [-0.2, -0.15) is 0 Å². The van der Waals surface area contributed by atoms with Crippen LogP contribution in [0.4, 0.5) is 0 Å². The Bertz CT molecular complexity index is 1730. The van der Waals surface area contributed by atoms with Crippen LogP contribution < -0.4 is 24.8 Å². The van der Waals surface area contributed by atoms with Crippen molar-refractivity contribution >= 4 is 14.4 Å². The summed E-state index contributed by atoms with van der Waals surface area (Å²) in [6.45, 7) is 24.6. The van der Waals surface area contributed by atoms with Crippen molar-refractivity contribution in [3.05, 3.63) is 88.5 Å². The van der Waals surface area contributed by atoms with Crippen LogP contribution in [0.5, 0.6) is 0 Å². The van der Waals surface area contributed by atoms with Crippen LogP contribution in [0.3, 0.4) is 0 Å². The maximum Gasteiger partial charge on any atom is -1.00 e. The summed E-state index contributed by atoms with van der Waals surface area (Å²) in [5.41, 5.74) is 15.9. The van der Waals surface area contributed by atoms with Gasteiger partial charge in [-0.1, -0.05) is 0 Å². The van der Waals surface area contributed by atoms with Crippen molar-refractivity contribution < 1.29 is 46.1 Å². The molecule has 45 heavy (non-hydrogen) atoms. The standard InChI is InChI=1S/C31H37.C6H10.C5H5.2ClH.Zr/c1-28(2,3)26-16-30(7,8)24-12-18-11-19-13-25-23(15-21(19)20(18)14-22(24)26)27(29(4,5)6)17-31(25,9)10;1-2-4-6-5-3-1;1-2-4-5-3-1;;;/h12-16H,11H2,1-10H3;1-5H2;1-3H,4H2;2*1H;/q;;;;;+2/p-2. The van der Waals surface area contributed by atoms with Gasteiger partial charge in [0.1, 0.15) is 0 Å². The van der Waals surface area contributed by atoms with E-state index in [0.29, 0.717) is 0 Å². The molecule has 1 fully saturated rings. The molecule has 0 nitrogen and oxygen atoms in total. The summed E-state index contributed by atoms with van der Waals surface area (Å²) < 4.78 is 5.73.